The van der Waals surface area contributed by atoms with Crippen molar-refractivity contribution in [1.29, 1.82) is 0 Å². The first-order valence-electron chi connectivity index (χ1n) is 7.25. The maximum absolute atomic E-state index is 12.4. The van der Waals surface area contributed by atoms with E-state index in [0.717, 1.165) is 9.75 Å². The van der Waals surface area contributed by atoms with Crippen molar-refractivity contribution in [3.05, 3.63) is 27.7 Å². The fourth-order valence-corrected chi connectivity index (χ4v) is 3.17. The molecule has 0 aromatic carbocycles. The molecule has 0 aliphatic carbocycles. The molecule has 1 saturated heterocycles. The number of carbonyl (C=O) groups excluding carboxylic acids is 2. The van der Waals surface area contributed by atoms with Crippen LogP contribution in [0.15, 0.2) is 16.7 Å². The van der Waals surface area contributed by atoms with Gasteiger partial charge in [-0.15, -0.1) is 11.3 Å². The van der Waals surface area contributed by atoms with Crippen LogP contribution in [0, 0.1) is 13.8 Å². The summed E-state index contributed by atoms with van der Waals surface area (Å²) in [5.74, 6) is 0.484. The molecule has 0 radical (unpaired) electrons. The average Bonchev–Trinajstić information content (AvgIpc) is 3.15. The van der Waals surface area contributed by atoms with E-state index in [4.69, 9.17) is 4.52 Å². The van der Waals surface area contributed by atoms with E-state index in [9.17, 15) is 9.59 Å². The van der Waals surface area contributed by atoms with Crippen LogP contribution in [-0.2, 0) is 0 Å². The molecule has 8 nitrogen and oxygen atoms in total. The SMILES string of the molecule is Cc1noc(NC(=O)N2CCN(C(=O)c3ccc(C)s3)CC2)n1. The second kappa shape index (κ2) is 6.37. The fourth-order valence-electron chi connectivity index (χ4n) is 2.34. The van der Waals surface area contributed by atoms with Crippen molar-refractivity contribution in [1.82, 2.24) is 19.9 Å². The lowest BCUT2D eigenvalue weighted by Crippen LogP contribution is -2.51. The Balaban J connectivity index is 1.53. The Kier molecular flexibility index (Phi) is 4.28. The van der Waals surface area contributed by atoms with Gasteiger partial charge in [-0.3, -0.25) is 10.1 Å². The number of urea groups is 1. The lowest BCUT2D eigenvalue weighted by Gasteiger charge is -2.34. The van der Waals surface area contributed by atoms with Crippen LogP contribution in [0.1, 0.15) is 20.4 Å². The second-order valence-corrected chi connectivity index (χ2v) is 6.55. The number of nitrogens with zero attached hydrogens (tertiary/aromatic N) is 4. The van der Waals surface area contributed by atoms with E-state index in [0.29, 0.717) is 32.0 Å². The van der Waals surface area contributed by atoms with Crippen LogP contribution in [0.5, 0.6) is 0 Å². The van der Waals surface area contributed by atoms with E-state index in [2.05, 4.69) is 15.5 Å². The molecule has 1 fully saturated rings. The van der Waals surface area contributed by atoms with Crippen LogP contribution in [0.25, 0.3) is 0 Å². The number of hydrogen-bond donors (Lipinski definition) is 1. The zero-order chi connectivity index (χ0) is 16.4. The van der Waals surface area contributed by atoms with Gasteiger partial charge in [0.2, 0.25) is 0 Å². The minimum atomic E-state index is -0.298. The summed E-state index contributed by atoms with van der Waals surface area (Å²) in [7, 11) is 0. The highest BCUT2D eigenvalue weighted by molar-refractivity contribution is 7.13. The van der Waals surface area contributed by atoms with Crippen LogP contribution in [-0.4, -0.2) is 58.1 Å². The van der Waals surface area contributed by atoms with E-state index >= 15 is 0 Å². The van der Waals surface area contributed by atoms with Crippen LogP contribution in [0.3, 0.4) is 0 Å². The van der Waals surface area contributed by atoms with Gasteiger partial charge in [-0.1, -0.05) is 5.16 Å². The van der Waals surface area contributed by atoms with Crippen molar-refractivity contribution in [2.45, 2.75) is 13.8 Å². The summed E-state index contributed by atoms with van der Waals surface area (Å²) in [6.45, 7) is 5.60. The third kappa shape index (κ3) is 3.50. The molecular weight excluding hydrogens is 318 g/mol. The minimum absolute atomic E-state index is 0.0238. The van der Waals surface area contributed by atoms with Crippen LogP contribution < -0.4 is 5.32 Å². The third-order valence-electron chi connectivity index (χ3n) is 3.55. The predicted molar refractivity (Wildman–Crippen MR) is 84.6 cm³/mol. The van der Waals surface area contributed by atoms with Gasteiger partial charge in [0, 0.05) is 31.1 Å². The summed E-state index contributed by atoms with van der Waals surface area (Å²) in [5.41, 5.74) is 0. The Bertz CT molecular complexity index is 718. The lowest BCUT2D eigenvalue weighted by atomic mass is 10.3. The van der Waals surface area contributed by atoms with E-state index < -0.39 is 0 Å². The van der Waals surface area contributed by atoms with Gasteiger partial charge in [0.05, 0.1) is 4.88 Å². The molecule has 2 aromatic rings. The highest BCUT2D eigenvalue weighted by atomic mass is 32.1. The Hall–Kier alpha value is -2.42. The van der Waals surface area contributed by atoms with E-state index in [1.165, 1.54) is 11.3 Å². The monoisotopic (exact) mass is 335 g/mol. The van der Waals surface area contributed by atoms with E-state index in [1.54, 1.807) is 16.7 Å². The molecular formula is C14H17N5O3S. The van der Waals surface area contributed by atoms with Crippen molar-refractivity contribution in [2.24, 2.45) is 0 Å². The number of thiophene rings is 1. The Morgan fingerprint density at radius 1 is 1.17 bits per heavy atom. The summed E-state index contributed by atoms with van der Waals surface area (Å²) >= 11 is 1.49. The zero-order valence-corrected chi connectivity index (χ0v) is 13.7. The number of rotatable bonds is 2. The van der Waals surface area contributed by atoms with Crippen molar-refractivity contribution in [2.75, 3.05) is 31.5 Å². The van der Waals surface area contributed by atoms with Crippen LogP contribution >= 0.6 is 11.3 Å². The molecule has 0 bridgehead atoms. The second-order valence-electron chi connectivity index (χ2n) is 5.27. The normalized spacial score (nSPS) is 14.9. The van der Waals surface area contributed by atoms with Crippen LogP contribution in [0.4, 0.5) is 10.8 Å². The quantitative estimate of drug-likeness (QED) is 0.902. The van der Waals surface area contributed by atoms with Crippen molar-refractivity contribution in [3.63, 3.8) is 0 Å². The minimum Gasteiger partial charge on any atom is -0.334 e. The first kappa shape index (κ1) is 15.5. The smallest absolute Gasteiger partial charge is 0.329 e. The predicted octanol–water partition coefficient (Wildman–Crippen LogP) is 1.74. The molecule has 3 heterocycles. The summed E-state index contributed by atoms with van der Waals surface area (Å²) < 4.78 is 4.86. The molecule has 1 N–H and O–H groups in total. The van der Waals surface area contributed by atoms with Crippen LogP contribution in [0.2, 0.25) is 0 Å². The number of nitrogens with one attached hydrogen (secondary N) is 1. The number of piperazine rings is 1. The molecule has 0 unspecified atom stereocenters. The van der Waals surface area contributed by atoms with Gasteiger partial charge in [0.15, 0.2) is 5.82 Å². The molecule has 3 amide bonds. The van der Waals surface area contributed by atoms with Gasteiger partial charge in [-0.25, -0.2) is 4.79 Å². The first-order valence-corrected chi connectivity index (χ1v) is 8.06. The maximum Gasteiger partial charge on any atom is 0.329 e. The van der Waals surface area contributed by atoms with Gasteiger partial charge in [-0.05, 0) is 26.0 Å². The number of anilines is 1. The number of carbonyl (C=O) groups is 2. The van der Waals surface area contributed by atoms with Gasteiger partial charge in [-0.2, -0.15) is 4.98 Å². The van der Waals surface area contributed by atoms with E-state index in [-0.39, 0.29) is 18.0 Å². The Morgan fingerprint density at radius 2 is 1.87 bits per heavy atom. The Morgan fingerprint density at radius 3 is 2.43 bits per heavy atom. The van der Waals surface area contributed by atoms with Crippen molar-refractivity contribution >= 4 is 29.3 Å². The summed E-state index contributed by atoms with van der Waals surface area (Å²) in [6.07, 6.45) is 0. The number of aryl methyl sites for hydroxylation is 2. The number of hydrogen-bond acceptors (Lipinski definition) is 6. The largest absolute Gasteiger partial charge is 0.334 e. The van der Waals surface area contributed by atoms with Crippen molar-refractivity contribution < 1.29 is 14.1 Å². The fraction of sp³-hybridized carbons (Fsp3) is 0.429. The molecule has 0 atom stereocenters. The maximum atomic E-state index is 12.4. The first-order chi connectivity index (χ1) is 11.0. The molecule has 1 aliphatic heterocycles. The third-order valence-corrected chi connectivity index (χ3v) is 4.54. The molecule has 3 rings (SSSR count). The van der Waals surface area contributed by atoms with Gasteiger partial charge < -0.3 is 14.3 Å². The summed E-state index contributed by atoms with van der Waals surface area (Å²) in [5, 5.41) is 6.17. The van der Waals surface area contributed by atoms with Gasteiger partial charge in [0.25, 0.3) is 5.91 Å². The Labute approximate surface area is 137 Å². The molecule has 0 saturated carbocycles. The van der Waals surface area contributed by atoms with Gasteiger partial charge >= 0.3 is 12.0 Å². The van der Waals surface area contributed by atoms with Gasteiger partial charge in [0.1, 0.15) is 0 Å². The lowest BCUT2D eigenvalue weighted by molar-refractivity contribution is 0.0676. The average molecular weight is 335 g/mol. The zero-order valence-electron chi connectivity index (χ0n) is 12.9. The number of amides is 3. The summed E-state index contributed by atoms with van der Waals surface area (Å²) in [6, 6.07) is 3.57. The molecule has 0 spiro atoms. The van der Waals surface area contributed by atoms with Crippen molar-refractivity contribution in [3.8, 4) is 0 Å². The molecule has 122 valence electrons. The topological polar surface area (TPSA) is 91.6 Å². The van der Waals surface area contributed by atoms with E-state index in [1.807, 2.05) is 19.1 Å². The molecule has 23 heavy (non-hydrogen) atoms. The molecule has 1 aliphatic rings. The standard InChI is InChI=1S/C14H17N5O3S/c1-9-3-4-11(23-9)12(20)18-5-7-19(8-6-18)14(21)16-13-15-10(2)17-22-13/h3-4H,5-8H2,1-2H3,(H,15,16,17,21). The summed E-state index contributed by atoms with van der Waals surface area (Å²) in [4.78, 5) is 33.7. The molecule has 9 heteroatoms. The molecule has 2 aromatic heterocycles. The highest BCUT2D eigenvalue weighted by Gasteiger charge is 2.26. The number of aromatic nitrogens is 2. The highest BCUT2D eigenvalue weighted by Crippen LogP contribution is 2.18.